The zero-order valence-electron chi connectivity index (χ0n) is 10.5. The van der Waals surface area contributed by atoms with Gasteiger partial charge in [-0.15, -0.1) is 11.3 Å². The maximum atomic E-state index is 5.74. The molecule has 2 aromatic rings. The van der Waals surface area contributed by atoms with Gasteiger partial charge in [0.1, 0.15) is 0 Å². The predicted molar refractivity (Wildman–Crippen MR) is 80.6 cm³/mol. The first-order valence-electron chi connectivity index (χ1n) is 5.67. The van der Waals surface area contributed by atoms with Crippen molar-refractivity contribution in [3.05, 3.63) is 44.3 Å². The third-order valence-electron chi connectivity index (χ3n) is 2.78. The Kier molecular flexibility index (Phi) is 4.37. The highest BCUT2D eigenvalue weighted by Gasteiger charge is 2.08. The van der Waals surface area contributed by atoms with Crippen molar-refractivity contribution in [2.45, 2.75) is 20.0 Å². The van der Waals surface area contributed by atoms with E-state index in [4.69, 9.17) is 5.73 Å². The van der Waals surface area contributed by atoms with E-state index in [1.807, 2.05) is 17.6 Å². The van der Waals surface area contributed by atoms with Crippen LogP contribution >= 0.6 is 27.3 Å². The summed E-state index contributed by atoms with van der Waals surface area (Å²) in [5.41, 5.74) is 10.8. The van der Waals surface area contributed by atoms with E-state index in [0.717, 1.165) is 28.9 Å². The number of halogens is 1. The molecule has 0 unspecified atom stereocenters. The van der Waals surface area contributed by atoms with Crippen molar-refractivity contribution in [1.29, 1.82) is 0 Å². The second-order valence-corrected chi connectivity index (χ2v) is 6.18. The van der Waals surface area contributed by atoms with Crippen molar-refractivity contribution in [1.82, 2.24) is 9.88 Å². The third-order valence-corrected chi connectivity index (χ3v) is 4.43. The van der Waals surface area contributed by atoms with Gasteiger partial charge in [-0.25, -0.2) is 4.98 Å². The molecule has 0 bridgehead atoms. The molecule has 1 heterocycles. The van der Waals surface area contributed by atoms with Crippen LogP contribution < -0.4 is 5.73 Å². The summed E-state index contributed by atoms with van der Waals surface area (Å²) in [5.74, 6) is 0. The Morgan fingerprint density at radius 2 is 2.17 bits per heavy atom. The van der Waals surface area contributed by atoms with E-state index in [2.05, 4.69) is 45.9 Å². The van der Waals surface area contributed by atoms with Crippen molar-refractivity contribution < 1.29 is 0 Å². The molecule has 0 aliphatic heterocycles. The lowest BCUT2D eigenvalue weighted by Gasteiger charge is -2.17. The molecule has 0 radical (unpaired) electrons. The van der Waals surface area contributed by atoms with Gasteiger partial charge < -0.3 is 5.73 Å². The average molecular weight is 326 g/mol. The molecule has 0 saturated heterocycles. The summed E-state index contributed by atoms with van der Waals surface area (Å²) >= 11 is 5.26. The van der Waals surface area contributed by atoms with Crippen molar-refractivity contribution >= 4 is 33.0 Å². The van der Waals surface area contributed by atoms with Gasteiger partial charge in [-0.05, 0) is 31.7 Å². The highest BCUT2D eigenvalue weighted by molar-refractivity contribution is 9.10. The van der Waals surface area contributed by atoms with E-state index in [-0.39, 0.29) is 0 Å². The van der Waals surface area contributed by atoms with Crippen LogP contribution in [0.25, 0.3) is 0 Å². The number of anilines is 1. The van der Waals surface area contributed by atoms with Gasteiger partial charge in [0.2, 0.25) is 0 Å². The molecule has 1 aromatic carbocycles. The predicted octanol–water partition coefficient (Wildman–Crippen LogP) is 3.43. The van der Waals surface area contributed by atoms with Crippen molar-refractivity contribution in [2.24, 2.45) is 0 Å². The molecule has 18 heavy (non-hydrogen) atoms. The third kappa shape index (κ3) is 3.31. The highest BCUT2D eigenvalue weighted by atomic mass is 79.9. The van der Waals surface area contributed by atoms with Gasteiger partial charge in [0, 0.05) is 28.1 Å². The Bertz CT molecular complexity index is 539. The maximum absolute atomic E-state index is 5.74. The van der Waals surface area contributed by atoms with Crippen LogP contribution in [0.2, 0.25) is 0 Å². The van der Waals surface area contributed by atoms with Gasteiger partial charge in [-0.2, -0.15) is 0 Å². The SMILES string of the molecule is Cc1ncsc1CN(C)Cc1ccc(N)cc1Br. The van der Waals surface area contributed by atoms with Crippen LogP contribution in [0.4, 0.5) is 5.69 Å². The Balaban J connectivity index is 2.03. The first-order chi connectivity index (χ1) is 8.56. The van der Waals surface area contributed by atoms with Gasteiger partial charge >= 0.3 is 0 Å². The van der Waals surface area contributed by atoms with Crippen molar-refractivity contribution in [3.8, 4) is 0 Å². The second kappa shape index (κ2) is 5.82. The van der Waals surface area contributed by atoms with E-state index < -0.39 is 0 Å². The quantitative estimate of drug-likeness (QED) is 0.876. The Morgan fingerprint density at radius 1 is 1.39 bits per heavy atom. The number of thiazole rings is 1. The van der Waals surface area contributed by atoms with Crippen molar-refractivity contribution in [3.63, 3.8) is 0 Å². The summed E-state index contributed by atoms with van der Waals surface area (Å²) < 4.78 is 1.07. The lowest BCUT2D eigenvalue weighted by atomic mass is 10.2. The molecule has 2 rings (SSSR count). The van der Waals surface area contributed by atoms with Crippen LogP contribution in [0, 0.1) is 6.92 Å². The number of benzene rings is 1. The Labute approximate surface area is 120 Å². The molecule has 0 amide bonds. The number of aromatic nitrogens is 1. The fourth-order valence-electron chi connectivity index (χ4n) is 1.76. The van der Waals surface area contributed by atoms with Crippen molar-refractivity contribution in [2.75, 3.05) is 12.8 Å². The zero-order valence-corrected chi connectivity index (χ0v) is 12.9. The molecule has 3 nitrogen and oxygen atoms in total. The lowest BCUT2D eigenvalue weighted by molar-refractivity contribution is 0.320. The molecule has 0 saturated carbocycles. The molecule has 0 spiro atoms. The summed E-state index contributed by atoms with van der Waals surface area (Å²) in [4.78, 5) is 7.87. The summed E-state index contributed by atoms with van der Waals surface area (Å²) in [6.07, 6.45) is 0. The van der Waals surface area contributed by atoms with Crippen LogP contribution in [0.1, 0.15) is 16.1 Å². The van der Waals surface area contributed by atoms with E-state index in [9.17, 15) is 0 Å². The van der Waals surface area contributed by atoms with E-state index in [1.165, 1.54) is 10.4 Å². The number of hydrogen-bond donors (Lipinski definition) is 1. The summed E-state index contributed by atoms with van der Waals surface area (Å²) in [6.45, 7) is 3.87. The van der Waals surface area contributed by atoms with E-state index in [1.54, 1.807) is 11.3 Å². The van der Waals surface area contributed by atoms with Crippen LogP contribution in [0.15, 0.2) is 28.2 Å². The minimum absolute atomic E-state index is 0.784. The fourth-order valence-corrected chi connectivity index (χ4v) is 3.14. The highest BCUT2D eigenvalue weighted by Crippen LogP contribution is 2.22. The smallest absolute Gasteiger partial charge is 0.0798 e. The molecule has 1 aromatic heterocycles. The van der Waals surface area contributed by atoms with Crippen LogP contribution in [0.3, 0.4) is 0 Å². The number of nitrogens with two attached hydrogens (primary N) is 1. The number of hydrogen-bond acceptors (Lipinski definition) is 4. The number of aryl methyl sites for hydroxylation is 1. The lowest BCUT2D eigenvalue weighted by Crippen LogP contribution is -2.17. The molecular weight excluding hydrogens is 310 g/mol. The van der Waals surface area contributed by atoms with Gasteiger partial charge in [-0.1, -0.05) is 22.0 Å². The first kappa shape index (κ1) is 13.5. The monoisotopic (exact) mass is 325 g/mol. The fraction of sp³-hybridized carbons (Fsp3) is 0.308. The Morgan fingerprint density at radius 3 is 2.78 bits per heavy atom. The summed E-state index contributed by atoms with van der Waals surface area (Å²) in [7, 11) is 2.11. The van der Waals surface area contributed by atoms with Gasteiger partial charge in [0.15, 0.2) is 0 Å². The van der Waals surface area contributed by atoms with Gasteiger partial charge in [0.25, 0.3) is 0 Å². The van der Waals surface area contributed by atoms with E-state index in [0.29, 0.717) is 0 Å². The largest absolute Gasteiger partial charge is 0.399 e. The summed E-state index contributed by atoms with van der Waals surface area (Å²) in [6, 6.07) is 5.95. The molecule has 2 N–H and O–H groups in total. The van der Waals surface area contributed by atoms with Gasteiger partial charge in [0.05, 0.1) is 11.2 Å². The molecule has 0 aliphatic carbocycles. The molecular formula is C13H16BrN3S. The topological polar surface area (TPSA) is 42.2 Å². The van der Waals surface area contributed by atoms with Gasteiger partial charge in [-0.3, -0.25) is 4.90 Å². The minimum atomic E-state index is 0.784. The van der Waals surface area contributed by atoms with Crippen LogP contribution in [-0.4, -0.2) is 16.9 Å². The van der Waals surface area contributed by atoms with Crippen LogP contribution in [-0.2, 0) is 13.1 Å². The summed E-state index contributed by atoms with van der Waals surface area (Å²) in [5, 5.41) is 0. The average Bonchev–Trinajstić information content (AvgIpc) is 2.69. The second-order valence-electron chi connectivity index (χ2n) is 4.38. The zero-order chi connectivity index (χ0) is 13.1. The first-order valence-corrected chi connectivity index (χ1v) is 7.35. The number of nitrogens with zero attached hydrogens (tertiary/aromatic N) is 2. The molecule has 0 aliphatic rings. The molecule has 0 atom stereocenters. The normalized spacial score (nSPS) is 11.1. The maximum Gasteiger partial charge on any atom is 0.0798 e. The molecule has 5 heteroatoms. The number of nitrogen functional groups attached to an aromatic ring is 1. The minimum Gasteiger partial charge on any atom is -0.399 e. The number of rotatable bonds is 4. The Hall–Kier alpha value is -0.910. The van der Waals surface area contributed by atoms with E-state index >= 15 is 0 Å². The molecule has 0 fully saturated rings. The molecule has 96 valence electrons. The van der Waals surface area contributed by atoms with Crippen LogP contribution in [0.5, 0.6) is 0 Å². The standard InChI is InChI=1S/C13H16BrN3S/c1-9-13(18-8-16-9)7-17(2)6-10-3-4-11(15)5-12(10)14/h3-5,8H,6-7,15H2,1-2H3.